The monoisotopic (exact) mass is 355 g/mol. The molecule has 2 aliphatic heterocycles. The fraction of sp³-hybridized carbons (Fsp3) is 0.500. The lowest BCUT2D eigenvalue weighted by atomic mass is 10.0. The number of ether oxygens (including phenoxy) is 1. The van der Waals surface area contributed by atoms with Gasteiger partial charge in [0.1, 0.15) is 0 Å². The van der Waals surface area contributed by atoms with Crippen LogP contribution in [-0.4, -0.2) is 54.5 Å². The average molecular weight is 356 g/mol. The van der Waals surface area contributed by atoms with E-state index >= 15 is 0 Å². The van der Waals surface area contributed by atoms with Crippen LogP contribution in [0.3, 0.4) is 0 Å². The van der Waals surface area contributed by atoms with Crippen LogP contribution in [0.2, 0.25) is 10.0 Å². The van der Waals surface area contributed by atoms with Crippen LogP contribution in [0.25, 0.3) is 0 Å². The molecule has 0 aromatic heterocycles. The van der Waals surface area contributed by atoms with E-state index in [1.54, 1.807) is 5.01 Å². The predicted molar refractivity (Wildman–Crippen MR) is 91.1 cm³/mol. The smallest absolute Gasteiger partial charge is 0.244 e. The number of hydrogen-bond donors (Lipinski definition) is 0. The summed E-state index contributed by atoms with van der Waals surface area (Å²) in [5, 5.41) is 7.32. The summed E-state index contributed by atoms with van der Waals surface area (Å²) in [5.74, 6) is 0.0459. The summed E-state index contributed by atoms with van der Waals surface area (Å²) in [5.41, 5.74) is 2.58. The lowest BCUT2D eigenvalue weighted by Gasteiger charge is -2.32. The second-order valence-corrected chi connectivity index (χ2v) is 6.59. The topological polar surface area (TPSA) is 45.1 Å². The number of morpholine rings is 1. The Balaban J connectivity index is 1.81. The summed E-state index contributed by atoms with van der Waals surface area (Å²) in [6.07, 6.45) is 1.06. The average Bonchev–Trinajstić information content (AvgIpc) is 2.55. The molecule has 0 radical (unpaired) electrons. The Morgan fingerprint density at radius 3 is 2.48 bits per heavy atom. The van der Waals surface area contributed by atoms with Gasteiger partial charge in [-0.1, -0.05) is 23.2 Å². The number of rotatable bonds is 3. The Morgan fingerprint density at radius 1 is 1.17 bits per heavy atom. The number of benzene rings is 1. The summed E-state index contributed by atoms with van der Waals surface area (Å²) >= 11 is 12.4. The number of halogens is 2. The molecule has 0 aliphatic carbocycles. The van der Waals surface area contributed by atoms with Crippen molar-refractivity contribution in [1.82, 2.24) is 9.91 Å². The highest BCUT2D eigenvalue weighted by molar-refractivity contribution is 6.36. The first-order valence-electron chi connectivity index (χ1n) is 7.68. The Morgan fingerprint density at radius 2 is 1.83 bits per heavy atom. The van der Waals surface area contributed by atoms with Crippen molar-refractivity contribution in [2.45, 2.75) is 19.8 Å². The van der Waals surface area contributed by atoms with Gasteiger partial charge >= 0.3 is 0 Å². The first-order chi connectivity index (χ1) is 11.0. The molecular formula is C16H19Cl2N3O2. The third-order valence-electron chi connectivity index (χ3n) is 4.16. The summed E-state index contributed by atoms with van der Waals surface area (Å²) in [7, 11) is 0. The fourth-order valence-corrected chi connectivity index (χ4v) is 3.15. The molecule has 2 heterocycles. The zero-order valence-corrected chi connectivity index (χ0v) is 14.5. The van der Waals surface area contributed by atoms with Crippen LogP contribution in [0.4, 0.5) is 0 Å². The number of hydrazone groups is 1. The van der Waals surface area contributed by atoms with E-state index in [0.29, 0.717) is 42.8 Å². The summed E-state index contributed by atoms with van der Waals surface area (Å²) in [6, 6.07) is 3.73. The van der Waals surface area contributed by atoms with E-state index in [-0.39, 0.29) is 5.91 Å². The SMILES string of the molecule is Cc1c(Cl)cc(C2=NN(CN3CCOCC3)C(=O)CC2)cc1Cl. The van der Waals surface area contributed by atoms with Crippen molar-refractivity contribution in [2.75, 3.05) is 33.0 Å². The molecule has 0 unspecified atom stereocenters. The highest BCUT2D eigenvalue weighted by atomic mass is 35.5. The number of carbonyl (C=O) groups excluding carboxylic acids is 1. The number of carbonyl (C=O) groups is 1. The predicted octanol–water partition coefficient (Wildman–Crippen LogP) is 2.92. The first kappa shape index (κ1) is 16.7. The molecule has 23 heavy (non-hydrogen) atoms. The lowest BCUT2D eigenvalue weighted by Crippen LogP contribution is -2.45. The molecular weight excluding hydrogens is 337 g/mol. The number of nitrogens with zero attached hydrogens (tertiary/aromatic N) is 3. The quantitative estimate of drug-likeness (QED) is 0.837. The van der Waals surface area contributed by atoms with E-state index in [9.17, 15) is 4.79 Å². The summed E-state index contributed by atoms with van der Waals surface area (Å²) < 4.78 is 5.33. The van der Waals surface area contributed by atoms with Crippen molar-refractivity contribution in [3.05, 3.63) is 33.3 Å². The zero-order valence-electron chi connectivity index (χ0n) is 13.0. The van der Waals surface area contributed by atoms with E-state index in [2.05, 4.69) is 10.0 Å². The van der Waals surface area contributed by atoms with Crippen molar-refractivity contribution in [3.63, 3.8) is 0 Å². The van der Waals surface area contributed by atoms with Gasteiger partial charge in [0.25, 0.3) is 0 Å². The molecule has 1 aromatic carbocycles. The normalized spacial score (nSPS) is 19.9. The maximum atomic E-state index is 12.1. The van der Waals surface area contributed by atoms with Crippen LogP contribution in [0.15, 0.2) is 17.2 Å². The molecule has 2 aliphatic rings. The third-order valence-corrected chi connectivity index (χ3v) is 4.94. The maximum absolute atomic E-state index is 12.1. The molecule has 0 bridgehead atoms. The molecule has 0 spiro atoms. The van der Waals surface area contributed by atoms with Gasteiger partial charge in [-0.3, -0.25) is 9.69 Å². The van der Waals surface area contributed by atoms with Gasteiger partial charge in [0.05, 0.1) is 25.6 Å². The van der Waals surface area contributed by atoms with Gasteiger partial charge in [-0.15, -0.1) is 0 Å². The second kappa shape index (κ2) is 7.18. The Kier molecular flexibility index (Phi) is 5.21. The Bertz CT molecular complexity index is 619. The van der Waals surface area contributed by atoms with Gasteiger partial charge in [0, 0.05) is 41.5 Å². The fourth-order valence-electron chi connectivity index (χ4n) is 2.66. The second-order valence-electron chi connectivity index (χ2n) is 5.78. The van der Waals surface area contributed by atoms with Gasteiger partial charge < -0.3 is 4.74 Å². The van der Waals surface area contributed by atoms with Gasteiger partial charge in [0.15, 0.2) is 0 Å². The van der Waals surface area contributed by atoms with Crippen LogP contribution in [0, 0.1) is 6.92 Å². The molecule has 0 saturated carbocycles. The first-order valence-corrected chi connectivity index (χ1v) is 8.44. The van der Waals surface area contributed by atoms with Gasteiger partial charge in [-0.2, -0.15) is 5.10 Å². The zero-order chi connectivity index (χ0) is 16.4. The lowest BCUT2D eigenvalue weighted by molar-refractivity contribution is -0.135. The Hall–Kier alpha value is -1.14. The van der Waals surface area contributed by atoms with Crippen LogP contribution in [0.1, 0.15) is 24.0 Å². The van der Waals surface area contributed by atoms with Crippen molar-refractivity contribution in [2.24, 2.45) is 5.10 Å². The van der Waals surface area contributed by atoms with Crippen molar-refractivity contribution >= 4 is 34.8 Å². The molecule has 0 N–H and O–H groups in total. The summed E-state index contributed by atoms with van der Waals surface area (Å²) in [6.45, 7) is 5.40. The van der Waals surface area contributed by atoms with Gasteiger partial charge in [-0.05, 0) is 24.6 Å². The van der Waals surface area contributed by atoms with E-state index in [1.807, 2.05) is 19.1 Å². The molecule has 1 saturated heterocycles. The molecule has 1 aromatic rings. The van der Waals surface area contributed by atoms with Crippen LogP contribution in [-0.2, 0) is 9.53 Å². The third kappa shape index (κ3) is 3.86. The molecule has 5 nitrogen and oxygen atoms in total. The Labute approximate surface area is 145 Å². The molecule has 7 heteroatoms. The highest BCUT2D eigenvalue weighted by Gasteiger charge is 2.24. The standard InChI is InChI=1S/C16H19Cl2N3O2/c1-11-13(17)8-12(9-14(11)18)15-2-3-16(22)21(19-15)10-20-4-6-23-7-5-20/h8-9H,2-7,10H2,1H3. The largest absolute Gasteiger partial charge is 0.379 e. The van der Waals surface area contributed by atoms with Crippen molar-refractivity contribution in [3.8, 4) is 0 Å². The minimum absolute atomic E-state index is 0.0459. The minimum atomic E-state index is 0.0459. The molecule has 1 amide bonds. The van der Waals surface area contributed by atoms with E-state index in [1.165, 1.54) is 0 Å². The molecule has 0 atom stereocenters. The van der Waals surface area contributed by atoms with E-state index in [0.717, 1.165) is 29.9 Å². The van der Waals surface area contributed by atoms with Crippen LogP contribution >= 0.6 is 23.2 Å². The number of hydrogen-bond acceptors (Lipinski definition) is 4. The molecule has 124 valence electrons. The van der Waals surface area contributed by atoms with E-state index in [4.69, 9.17) is 27.9 Å². The van der Waals surface area contributed by atoms with Gasteiger partial charge in [-0.25, -0.2) is 5.01 Å². The minimum Gasteiger partial charge on any atom is -0.379 e. The van der Waals surface area contributed by atoms with Crippen molar-refractivity contribution in [1.29, 1.82) is 0 Å². The van der Waals surface area contributed by atoms with Crippen LogP contribution in [0.5, 0.6) is 0 Å². The maximum Gasteiger partial charge on any atom is 0.244 e. The van der Waals surface area contributed by atoms with Crippen LogP contribution < -0.4 is 0 Å². The highest BCUT2D eigenvalue weighted by Crippen LogP contribution is 2.27. The van der Waals surface area contributed by atoms with Gasteiger partial charge in [0.2, 0.25) is 5.91 Å². The van der Waals surface area contributed by atoms with Crippen molar-refractivity contribution < 1.29 is 9.53 Å². The van der Waals surface area contributed by atoms with E-state index < -0.39 is 0 Å². The summed E-state index contributed by atoms with van der Waals surface area (Å²) in [4.78, 5) is 14.3. The molecule has 1 fully saturated rings. The molecule has 3 rings (SSSR count). The number of amides is 1.